The van der Waals surface area contributed by atoms with E-state index in [1.807, 2.05) is 0 Å². The van der Waals surface area contributed by atoms with E-state index in [1.165, 1.54) is 19.3 Å². The molecular weight excluding hydrogens is 408 g/mol. The molecule has 3 aromatic rings. The number of methoxy groups -OCH3 is 1. The third-order valence-corrected chi connectivity index (χ3v) is 5.26. The standard InChI is InChI=1S/C21H14N2O6S/c1-28-18-9-5-4-8-16(18)22-20(24)19(30-21(22)25)12-13-10-11-17(29-13)14-6-2-3-7-15(14)23(26)27/h2-12H,1H3. The number of imide groups is 1. The molecule has 30 heavy (non-hydrogen) atoms. The number of thioether (sulfide) groups is 1. The maximum absolute atomic E-state index is 12.8. The molecule has 150 valence electrons. The number of benzene rings is 2. The monoisotopic (exact) mass is 422 g/mol. The van der Waals surface area contributed by atoms with Crippen LogP contribution in [0.4, 0.5) is 16.2 Å². The number of furan rings is 1. The van der Waals surface area contributed by atoms with Gasteiger partial charge in [0.05, 0.1) is 28.2 Å². The van der Waals surface area contributed by atoms with Gasteiger partial charge in [-0.05, 0) is 42.1 Å². The highest BCUT2D eigenvalue weighted by Gasteiger charge is 2.38. The maximum atomic E-state index is 12.8. The van der Waals surface area contributed by atoms with Crippen LogP contribution in [0.25, 0.3) is 17.4 Å². The van der Waals surface area contributed by atoms with Crippen LogP contribution in [-0.4, -0.2) is 23.2 Å². The summed E-state index contributed by atoms with van der Waals surface area (Å²) in [6.45, 7) is 0. The summed E-state index contributed by atoms with van der Waals surface area (Å²) in [5.74, 6) is 0.488. The first kappa shape index (κ1) is 19.5. The fourth-order valence-corrected chi connectivity index (χ4v) is 3.85. The molecule has 0 atom stereocenters. The SMILES string of the molecule is COc1ccccc1N1C(=O)SC(=Cc2ccc(-c3ccccc3[N+](=O)[O-])o2)C1=O. The molecule has 1 saturated heterocycles. The number of carbonyl (C=O) groups excluding carboxylic acids is 2. The molecule has 2 heterocycles. The molecule has 0 N–H and O–H groups in total. The van der Waals surface area contributed by atoms with E-state index in [4.69, 9.17) is 9.15 Å². The van der Waals surface area contributed by atoms with Crippen molar-refractivity contribution in [2.45, 2.75) is 0 Å². The Morgan fingerprint density at radius 3 is 2.57 bits per heavy atom. The zero-order valence-electron chi connectivity index (χ0n) is 15.6. The van der Waals surface area contributed by atoms with Crippen LogP contribution >= 0.6 is 11.8 Å². The Labute approximate surface area is 174 Å². The van der Waals surface area contributed by atoms with E-state index >= 15 is 0 Å². The molecule has 9 heteroatoms. The van der Waals surface area contributed by atoms with Gasteiger partial charge in [0.15, 0.2) is 0 Å². The first-order valence-corrected chi connectivity index (χ1v) is 9.56. The highest BCUT2D eigenvalue weighted by molar-refractivity contribution is 8.19. The van der Waals surface area contributed by atoms with Gasteiger partial charge in [-0.3, -0.25) is 19.7 Å². The number of hydrogen-bond donors (Lipinski definition) is 0. The van der Waals surface area contributed by atoms with Gasteiger partial charge in [-0.1, -0.05) is 24.3 Å². The van der Waals surface area contributed by atoms with Crippen molar-refractivity contribution in [2.75, 3.05) is 12.0 Å². The topological polar surface area (TPSA) is 103 Å². The van der Waals surface area contributed by atoms with Gasteiger partial charge in [0.1, 0.15) is 17.3 Å². The lowest BCUT2D eigenvalue weighted by molar-refractivity contribution is -0.384. The van der Waals surface area contributed by atoms with E-state index in [0.717, 1.165) is 16.7 Å². The van der Waals surface area contributed by atoms with Gasteiger partial charge in [0.25, 0.3) is 16.8 Å². The molecule has 8 nitrogen and oxygen atoms in total. The second kappa shape index (κ2) is 7.88. The average Bonchev–Trinajstić information content (AvgIpc) is 3.32. The van der Waals surface area contributed by atoms with E-state index < -0.39 is 16.1 Å². The van der Waals surface area contributed by atoms with Gasteiger partial charge in [0, 0.05) is 12.1 Å². The Morgan fingerprint density at radius 1 is 1.07 bits per heavy atom. The van der Waals surface area contributed by atoms with Gasteiger partial charge in [-0.25, -0.2) is 4.90 Å². The number of anilines is 1. The number of nitro groups is 1. The second-order valence-electron chi connectivity index (χ2n) is 6.17. The van der Waals surface area contributed by atoms with E-state index in [1.54, 1.807) is 54.6 Å². The van der Waals surface area contributed by atoms with E-state index in [2.05, 4.69) is 0 Å². The Kier molecular flexibility index (Phi) is 5.11. The molecule has 1 aliphatic heterocycles. The number of nitrogens with zero attached hydrogens (tertiary/aromatic N) is 2. The molecule has 2 aromatic carbocycles. The minimum Gasteiger partial charge on any atom is -0.495 e. The highest BCUT2D eigenvalue weighted by atomic mass is 32.2. The first-order valence-electron chi connectivity index (χ1n) is 8.74. The maximum Gasteiger partial charge on any atom is 0.298 e. The third kappa shape index (κ3) is 3.46. The third-order valence-electron chi connectivity index (χ3n) is 4.39. The van der Waals surface area contributed by atoms with Crippen LogP contribution in [0.1, 0.15) is 5.76 Å². The highest BCUT2D eigenvalue weighted by Crippen LogP contribution is 2.40. The van der Waals surface area contributed by atoms with Crippen molar-refractivity contribution < 1.29 is 23.7 Å². The van der Waals surface area contributed by atoms with Crippen molar-refractivity contribution >= 4 is 40.4 Å². The predicted molar refractivity (Wildman–Crippen MR) is 112 cm³/mol. The van der Waals surface area contributed by atoms with Crippen LogP contribution in [0.15, 0.2) is 70.0 Å². The number of nitro benzene ring substituents is 1. The molecule has 2 amide bonds. The van der Waals surface area contributed by atoms with Crippen molar-refractivity contribution in [3.05, 3.63) is 81.4 Å². The largest absolute Gasteiger partial charge is 0.495 e. The van der Waals surface area contributed by atoms with Gasteiger partial charge in [0.2, 0.25) is 0 Å². The van der Waals surface area contributed by atoms with Gasteiger partial charge < -0.3 is 9.15 Å². The van der Waals surface area contributed by atoms with Crippen molar-refractivity contribution in [1.29, 1.82) is 0 Å². The molecule has 4 rings (SSSR count). The summed E-state index contributed by atoms with van der Waals surface area (Å²) in [5.41, 5.74) is 0.588. The quantitative estimate of drug-likeness (QED) is 0.320. The summed E-state index contributed by atoms with van der Waals surface area (Å²) in [4.78, 5) is 37.3. The Bertz CT molecular complexity index is 1200. The number of amides is 2. The van der Waals surface area contributed by atoms with Crippen LogP contribution in [0.5, 0.6) is 5.75 Å². The Morgan fingerprint density at radius 2 is 1.80 bits per heavy atom. The number of hydrogen-bond acceptors (Lipinski definition) is 7. The number of rotatable bonds is 5. The molecule has 0 aliphatic carbocycles. The van der Waals surface area contributed by atoms with Crippen LogP contribution < -0.4 is 9.64 Å². The van der Waals surface area contributed by atoms with Crippen molar-refractivity contribution in [2.24, 2.45) is 0 Å². The molecule has 0 bridgehead atoms. The zero-order chi connectivity index (χ0) is 21.3. The Hall–Kier alpha value is -3.85. The molecule has 0 spiro atoms. The number of ether oxygens (including phenoxy) is 1. The van der Waals surface area contributed by atoms with Gasteiger partial charge in [-0.2, -0.15) is 0 Å². The lowest BCUT2D eigenvalue weighted by Gasteiger charge is -2.15. The zero-order valence-corrected chi connectivity index (χ0v) is 16.4. The van der Waals surface area contributed by atoms with Crippen molar-refractivity contribution in [1.82, 2.24) is 0 Å². The fourth-order valence-electron chi connectivity index (χ4n) is 3.04. The summed E-state index contributed by atoms with van der Waals surface area (Å²) >= 11 is 0.779. The lowest BCUT2D eigenvalue weighted by Crippen LogP contribution is -2.28. The van der Waals surface area contributed by atoms with E-state index in [-0.39, 0.29) is 16.4 Å². The summed E-state index contributed by atoms with van der Waals surface area (Å²) < 4.78 is 10.9. The van der Waals surface area contributed by atoms with Gasteiger partial charge >= 0.3 is 0 Å². The van der Waals surface area contributed by atoms with Crippen molar-refractivity contribution in [3.8, 4) is 17.1 Å². The van der Waals surface area contributed by atoms with E-state index in [0.29, 0.717) is 22.8 Å². The minimum absolute atomic E-state index is 0.0881. The summed E-state index contributed by atoms with van der Waals surface area (Å²) in [6, 6.07) is 16.1. The summed E-state index contributed by atoms with van der Waals surface area (Å²) in [5, 5.41) is 10.8. The van der Waals surface area contributed by atoms with Crippen LogP contribution in [-0.2, 0) is 4.79 Å². The molecule has 1 aliphatic rings. The predicted octanol–water partition coefficient (Wildman–Crippen LogP) is 5.10. The normalized spacial score (nSPS) is 15.1. The Balaban J connectivity index is 1.65. The summed E-state index contributed by atoms with van der Waals surface area (Å²) in [6.07, 6.45) is 1.44. The molecule has 1 fully saturated rings. The number of carbonyl (C=O) groups is 2. The van der Waals surface area contributed by atoms with Crippen LogP contribution in [0, 0.1) is 10.1 Å². The second-order valence-corrected chi connectivity index (χ2v) is 7.16. The average molecular weight is 422 g/mol. The van der Waals surface area contributed by atoms with Crippen molar-refractivity contribution in [3.63, 3.8) is 0 Å². The molecule has 1 aromatic heterocycles. The first-order chi connectivity index (χ1) is 14.5. The molecule has 0 saturated carbocycles. The smallest absolute Gasteiger partial charge is 0.298 e. The van der Waals surface area contributed by atoms with Crippen LogP contribution in [0.3, 0.4) is 0 Å². The van der Waals surface area contributed by atoms with E-state index in [9.17, 15) is 19.7 Å². The van der Waals surface area contributed by atoms with Gasteiger partial charge in [-0.15, -0.1) is 0 Å². The molecular formula is C21H14N2O6S. The lowest BCUT2D eigenvalue weighted by atomic mass is 10.1. The number of para-hydroxylation sites is 3. The van der Waals surface area contributed by atoms with Crippen LogP contribution in [0.2, 0.25) is 0 Å². The minimum atomic E-state index is -0.502. The summed E-state index contributed by atoms with van der Waals surface area (Å²) in [7, 11) is 1.46. The molecule has 0 radical (unpaired) electrons. The fraction of sp³-hybridized carbons (Fsp3) is 0.0476. The molecule has 0 unspecified atom stereocenters.